The summed E-state index contributed by atoms with van der Waals surface area (Å²) in [5.74, 6) is 0. The van der Waals surface area contributed by atoms with Crippen LogP contribution in [0.5, 0.6) is 0 Å². The SMILES string of the molecule is [Br-].[CH2-]CCCCCOCc1ccccc1.[Mg+2]. The maximum atomic E-state index is 5.55. The first-order valence-corrected chi connectivity index (χ1v) is 5.34. The summed E-state index contributed by atoms with van der Waals surface area (Å²) in [5, 5.41) is 0. The summed E-state index contributed by atoms with van der Waals surface area (Å²) in [6.45, 7) is 5.42. The molecule has 16 heavy (non-hydrogen) atoms. The van der Waals surface area contributed by atoms with Crippen LogP contribution in [0.15, 0.2) is 30.3 Å². The van der Waals surface area contributed by atoms with Crippen LogP contribution in [0.1, 0.15) is 31.2 Å². The van der Waals surface area contributed by atoms with Crippen molar-refractivity contribution in [2.24, 2.45) is 0 Å². The summed E-state index contributed by atoms with van der Waals surface area (Å²) < 4.78 is 5.55. The van der Waals surface area contributed by atoms with Gasteiger partial charge in [-0.3, -0.25) is 0 Å². The van der Waals surface area contributed by atoms with Crippen molar-refractivity contribution >= 4 is 23.1 Å². The fourth-order valence-electron chi connectivity index (χ4n) is 1.32. The number of hydrogen-bond acceptors (Lipinski definition) is 1. The zero-order valence-corrected chi connectivity index (χ0v) is 12.8. The van der Waals surface area contributed by atoms with Gasteiger partial charge in [-0.05, 0) is 12.0 Å². The predicted octanol–water partition coefficient (Wildman–Crippen LogP) is 0.221. The molecule has 1 nitrogen and oxygen atoms in total. The van der Waals surface area contributed by atoms with Crippen LogP contribution in [0.3, 0.4) is 0 Å². The molecular formula is C13H19BrMgO. The number of benzene rings is 1. The molecule has 0 aliphatic carbocycles. The van der Waals surface area contributed by atoms with Crippen LogP contribution in [0.25, 0.3) is 0 Å². The van der Waals surface area contributed by atoms with E-state index in [0.29, 0.717) is 0 Å². The molecule has 0 spiro atoms. The molecule has 0 fully saturated rings. The number of unbranched alkanes of at least 4 members (excludes halogenated alkanes) is 3. The molecule has 0 atom stereocenters. The van der Waals surface area contributed by atoms with Gasteiger partial charge in [0.1, 0.15) is 0 Å². The topological polar surface area (TPSA) is 9.23 Å². The number of halogens is 1. The third-order valence-electron chi connectivity index (χ3n) is 2.15. The van der Waals surface area contributed by atoms with Crippen LogP contribution in [0.4, 0.5) is 0 Å². The van der Waals surface area contributed by atoms with Crippen LogP contribution in [-0.2, 0) is 11.3 Å². The molecule has 1 aromatic rings. The summed E-state index contributed by atoms with van der Waals surface area (Å²) in [7, 11) is 0. The van der Waals surface area contributed by atoms with Crippen molar-refractivity contribution < 1.29 is 21.7 Å². The minimum atomic E-state index is 0. The minimum absolute atomic E-state index is 0. The van der Waals surface area contributed by atoms with Gasteiger partial charge in [0.25, 0.3) is 0 Å². The maximum Gasteiger partial charge on any atom is 2.00 e. The first-order chi connectivity index (χ1) is 6.93. The van der Waals surface area contributed by atoms with Crippen molar-refractivity contribution in [3.63, 3.8) is 0 Å². The molecule has 0 saturated carbocycles. The Morgan fingerprint density at radius 2 is 1.69 bits per heavy atom. The van der Waals surface area contributed by atoms with Crippen molar-refractivity contribution in [2.45, 2.75) is 32.3 Å². The number of rotatable bonds is 7. The van der Waals surface area contributed by atoms with Gasteiger partial charge in [0.2, 0.25) is 0 Å². The van der Waals surface area contributed by atoms with E-state index in [1.54, 1.807) is 0 Å². The van der Waals surface area contributed by atoms with Crippen LogP contribution in [-0.4, -0.2) is 29.7 Å². The second kappa shape index (κ2) is 13.5. The summed E-state index contributed by atoms with van der Waals surface area (Å²) >= 11 is 0. The van der Waals surface area contributed by atoms with Crippen molar-refractivity contribution in [1.82, 2.24) is 0 Å². The van der Waals surface area contributed by atoms with Gasteiger partial charge in [-0.2, -0.15) is 6.42 Å². The normalized spacial score (nSPS) is 9.06. The Kier molecular flexibility index (Phi) is 15.8. The van der Waals surface area contributed by atoms with Crippen molar-refractivity contribution in [3.05, 3.63) is 42.8 Å². The minimum Gasteiger partial charge on any atom is -1.00 e. The molecule has 0 heterocycles. The Bertz CT molecular complexity index is 229. The number of hydrogen-bond donors (Lipinski definition) is 0. The molecule has 0 aliphatic heterocycles. The summed E-state index contributed by atoms with van der Waals surface area (Å²) in [5.41, 5.74) is 1.25. The molecule has 3 heteroatoms. The van der Waals surface area contributed by atoms with E-state index in [-0.39, 0.29) is 40.0 Å². The van der Waals surface area contributed by atoms with Crippen LogP contribution < -0.4 is 17.0 Å². The van der Waals surface area contributed by atoms with Crippen molar-refractivity contribution in [3.8, 4) is 0 Å². The maximum absolute atomic E-state index is 5.55. The van der Waals surface area contributed by atoms with E-state index in [0.717, 1.165) is 26.1 Å². The van der Waals surface area contributed by atoms with E-state index in [1.807, 2.05) is 18.2 Å². The summed E-state index contributed by atoms with van der Waals surface area (Å²) in [6, 6.07) is 10.3. The van der Waals surface area contributed by atoms with Gasteiger partial charge < -0.3 is 28.6 Å². The van der Waals surface area contributed by atoms with Gasteiger partial charge in [0, 0.05) is 6.61 Å². The van der Waals surface area contributed by atoms with Gasteiger partial charge in [-0.25, -0.2) is 0 Å². The average Bonchev–Trinajstić information content (AvgIpc) is 2.25. The van der Waals surface area contributed by atoms with E-state index in [9.17, 15) is 0 Å². The predicted molar refractivity (Wildman–Crippen MR) is 65.7 cm³/mol. The Hall–Kier alpha value is 0.426. The van der Waals surface area contributed by atoms with E-state index < -0.39 is 0 Å². The molecule has 0 bridgehead atoms. The fraction of sp³-hybridized carbons (Fsp3) is 0.462. The van der Waals surface area contributed by atoms with Crippen molar-refractivity contribution in [2.75, 3.05) is 6.61 Å². The smallest absolute Gasteiger partial charge is 1.00 e. The molecule has 0 saturated heterocycles. The summed E-state index contributed by atoms with van der Waals surface area (Å²) in [4.78, 5) is 0. The summed E-state index contributed by atoms with van der Waals surface area (Å²) in [6.07, 6.45) is 4.65. The second-order valence-corrected chi connectivity index (χ2v) is 3.45. The van der Waals surface area contributed by atoms with Gasteiger partial charge in [-0.15, -0.1) is 0 Å². The zero-order chi connectivity index (χ0) is 10.1. The van der Waals surface area contributed by atoms with Crippen LogP contribution in [0, 0.1) is 6.92 Å². The number of ether oxygens (including phenoxy) is 1. The quantitative estimate of drug-likeness (QED) is 0.397. The third-order valence-corrected chi connectivity index (χ3v) is 2.15. The molecule has 0 aliphatic rings. The zero-order valence-electron chi connectivity index (χ0n) is 9.83. The Morgan fingerprint density at radius 1 is 1.00 bits per heavy atom. The van der Waals surface area contributed by atoms with Crippen LogP contribution in [0.2, 0.25) is 0 Å². The van der Waals surface area contributed by atoms with Gasteiger partial charge in [-0.1, -0.05) is 43.2 Å². The second-order valence-electron chi connectivity index (χ2n) is 3.45. The van der Waals surface area contributed by atoms with E-state index in [4.69, 9.17) is 4.74 Å². The molecule has 1 aromatic carbocycles. The Balaban J connectivity index is 0. The molecule has 0 radical (unpaired) electrons. The first kappa shape index (κ1) is 18.8. The first-order valence-electron chi connectivity index (χ1n) is 5.34. The molecular weight excluding hydrogens is 276 g/mol. The Morgan fingerprint density at radius 3 is 2.31 bits per heavy atom. The molecule has 0 N–H and O–H groups in total. The molecule has 0 amide bonds. The molecule has 86 valence electrons. The van der Waals surface area contributed by atoms with Crippen LogP contribution >= 0.6 is 0 Å². The Labute approximate surface area is 126 Å². The third kappa shape index (κ3) is 9.64. The van der Waals surface area contributed by atoms with E-state index in [2.05, 4.69) is 19.1 Å². The molecule has 0 aromatic heterocycles. The van der Waals surface area contributed by atoms with E-state index >= 15 is 0 Å². The van der Waals surface area contributed by atoms with Gasteiger partial charge in [0.15, 0.2) is 0 Å². The standard InChI is InChI=1S/C13H19O.BrH.Mg/c1-2-3-4-8-11-14-12-13-9-6-5-7-10-13;;/h5-7,9-10H,1-4,8,11-12H2;1H;/q-1;;+2/p-1. The van der Waals surface area contributed by atoms with Gasteiger partial charge >= 0.3 is 23.1 Å². The molecule has 1 rings (SSSR count). The fourth-order valence-corrected chi connectivity index (χ4v) is 1.32. The van der Waals surface area contributed by atoms with Gasteiger partial charge in [0.05, 0.1) is 6.61 Å². The van der Waals surface area contributed by atoms with Crippen molar-refractivity contribution in [1.29, 1.82) is 0 Å². The molecule has 0 unspecified atom stereocenters. The van der Waals surface area contributed by atoms with E-state index in [1.165, 1.54) is 18.4 Å². The largest absolute Gasteiger partial charge is 2.00 e. The average molecular weight is 296 g/mol. The monoisotopic (exact) mass is 294 g/mol.